The Balaban J connectivity index is 2.69. The molecule has 0 aliphatic rings. The van der Waals surface area contributed by atoms with Crippen molar-refractivity contribution in [1.29, 1.82) is 0 Å². The van der Waals surface area contributed by atoms with Crippen LogP contribution < -0.4 is 10.7 Å². The number of rotatable bonds is 3. The summed E-state index contributed by atoms with van der Waals surface area (Å²) in [6.45, 7) is 5.19. The lowest BCUT2D eigenvalue weighted by molar-refractivity contribution is -0.385. The number of para-hydroxylation sites is 1. The number of nitrogens with one attached hydrogen (secondary N) is 2. The minimum Gasteiger partial charge on any atom is -0.343 e. The molecule has 0 radical (unpaired) electrons. The minimum atomic E-state index is -0.945. The predicted molar refractivity (Wildman–Crippen MR) is 76.7 cm³/mol. The van der Waals surface area contributed by atoms with Crippen molar-refractivity contribution in [3.8, 4) is 0 Å². The number of benzene rings is 1. The molecule has 0 heterocycles. The van der Waals surface area contributed by atoms with E-state index < -0.39 is 22.3 Å². The van der Waals surface area contributed by atoms with Crippen LogP contribution in [0.5, 0.6) is 0 Å². The molecule has 0 aliphatic carbocycles. The first-order valence-electron chi connectivity index (χ1n) is 6.09. The maximum Gasteiger partial charge on any atom is 0.329 e. The van der Waals surface area contributed by atoms with Gasteiger partial charge < -0.3 is 5.32 Å². The van der Waals surface area contributed by atoms with Gasteiger partial charge in [0.2, 0.25) is 0 Å². The van der Waals surface area contributed by atoms with Crippen LogP contribution in [0.3, 0.4) is 0 Å². The highest BCUT2D eigenvalue weighted by atomic mass is 16.6. The molecule has 21 heavy (non-hydrogen) atoms. The van der Waals surface area contributed by atoms with Gasteiger partial charge in [-0.3, -0.25) is 19.7 Å². The Bertz CT molecular complexity index is 590. The van der Waals surface area contributed by atoms with Crippen molar-refractivity contribution in [3.63, 3.8) is 0 Å². The average Bonchev–Trinajstić information content (AvgIpc) is 2.36. The number of hydrogen-bond acceptors (Lipinski definition) is 5. The molecule has 0 atom stereocenters. The predicted octanol–water partition coefficient (Wildman–Crippen LogP) is 0.960. The van der Waals surface area contributed by atoms with Gasteiger partial charge in [0.05, 0.1) is 16.7 Å². The number of carbonyl (C=O) groups is 2. The second-order valence-corrected chi connectivity index (χ2v) is 5.22. The normalized spacial score (nSPS) is 11.2. The topological polar surface area (TPSA) is 114 Å². The van der Waals surface area contributed by atoms with E-state index in [0.717, 1.165) is 6.21 Å². The fourth-order valence-electron chi connectivity index (χ4n) is 1.37. The molecule has 8 nitrogen and oxygen atoms in total. The van der Waals surface area contributed by atoms with Gasteiger partial charge in [-0.1, -0.05) is 12.1 Å². The SMILES string of the molecule is CC(C)(C)NC(=O)C(=O)N/N=C\c1ccccc1[N+](=O)[O-]. The summed E-state index contributed by atoms with van der Waals surface area (Å²) in [6.07, 6.45) is 1.11. The summed E-state index contributed by atoms with van der Waals surface area (Å²) in [5.74, 6) is -1.78. The molecule has 0 aliphatic heterocycles. The lowest BCUT2D eigenvalue weighted by atomic mass is 10.1. The molecule has 8 heteroatoms. The summed E-state index contributed by atoms with van der Waals surface area (Å²) in [5, 5.41) is 16.8. The number of nitro groups is 1. The molecule has 1 aromatic rings. The van der Waals surface area contributed by atoms with E-state index in [1.54, 1.807) is 26.8 Å². The first kappa shape index (κ1) is 16.3. The average molecular weight is 292 g/mol. The smallest absolute Gasteiger partial charge is 0.329 e. The van der Waals surface area contributed by atoms with E-state index in [0.29, 0.717) is 0 Å². The zero-order valence-corrected chi connectivity index (χ0v) is 11.9. The molecule has 0 aromatic heterocycles. The number of nitrogens with zero attached hydrogens (tertiary/aromatic N) is 2. The van der Waals surface area contributed by atoms with Crippen molar-refractivity contribution in [2.45, 2.75) is 26.3 Å². The quantitative estimate of drug-likeness (QED) is 0.374. The second kappa shape index (κ2) is 6.60. The molecule has 0 fully saturated rings. The van der Waals surface area contributed by atoms with Gasteiger partial charge in [0.15, 0.2) is 0 Å². The van der Waals surface area contributed by atoms with Crippen molar-refractivity contribution in [2.24, 2.45) is 5.10 Å². The van der Waals surface area contributed by atoms with Gasteiger partial charge in [-0.25, -0.2) is 5.43 Å². The van der Waals surface area contributed by atoms with Crippen LogP contribution in [0.4, 0.5) is 5.69 Å². The van der Waals surface area contributed by atoms with Gasteiger partial charge >= 0.3 is 11.8 Å². The summed E-state index contributed by atoms with van der Waals surface area (Å²) in [5.41, 5.74) is 1.55. The Hall–Kier alpha value is -2.77. The molecule has 0 unspecified atom stereocenters. The highest BCUT2D eigenvalue weighted by Gasteiger charge is 2.19. The Morgan fingerprint density at radius 2 is 1.86 bits per heavy atom. The number of carbonyl (C=O) groups excluding carboxylic acids is 2. The molecule has 0 spiro atoms. The van der Waals surface area contributed by atoms with Crippen LogP contribution in [0.1, 0.15) is 26.3 Å². The van der Waals surface area contributed by atoms with E-state index in [1.807, 2.05) is 5.43 Å². The molecule has 1 rings (SSSR count). The fraction of sp³-hybridized carbons (Fsp3) is 0.308. The number of hydrazone groups is 1. The highest BCUT2D eigenvalue weighted by molar-refractivity contribution is 6.35. The van der Waals surface area contributed by atoms with Crippen LogP contribution >= 0.6 is 0 Å². The van der Waals surface area contributed by atoms with Gasteiger partial charge in [0, 0.05) is 11.6 Å². The molecule has 1 aromatic carbocycles. The molecular weight excluding hydrogens is 276 g/mol. The molecular formula is C13H16N4O4. The fourth-order valence-corrected chi connectivity index (χ4v) is 1.37. The first-order valence-corrected chi connectivity index (χ1v) is 6.09. The maximum atomic E-state index is 11.5. The van der Waals surface area contributed by atoms with E-state index >= 15 is 0 Å². The monoisotopic (exact) mass is 292 g/mol. The molecule has 0 saturated carbocycles. The molecule has 2 amide bonds. The lowest BCUT2D eigenvalue weighted by Crippen LogP contribution is -2.47. The molecule has 0 saturated heterocycles. The summed E-state index contributed by atoms with van der Waals surface area (Å²) in [6, 6.07) is 5.91. The van der Waals surface area contributed by atoms with Gasteiger partial charge in [0.1, 0.15) is 0 Å². The van der Waals surface area contributed by atoms with E-state index in [4.69, 9.17) is 0 Å². The van der Waals surface area contributed by atoms with E-state index in [9.17, 15) is 19.7 Å². The van der Waals surface area contributed by atoms with Crippen LogP contribution in [-0.4, -0.2) is 28.5 Å². The highest BCUT2D eigenvalue weighted by Crippen LogP contribution is 2.14. The van der Waals surface area contributed by atoms with Crippen LogP contribution in [-0.2, 0) is 9.59 Å². The Labute approximate surface area is 121 Å². The van der Waals surface area contributed by atoms with Gasteiger partial charge in [-0.15, -0.1) is 0 Å². The summed E-state index contributed by atoms with van der Waals surface area (Å²) in [7, 11) is 0. The van der Waals surface area contributed by atoms with Crippen molar-refractivity contribution >= 4 is 23.7 Å². The number of amides is 2. The van der Waals surface area contributed by atoms with E-state index in [1.165, 1.54) is 18.2 Å². The van der Waals surface area contributed by atoms with Crippen molar-refractivity contribution < 1.29 is 14.5 Å². The van der Waals surface area contributed by atoms with E-state index in [-0.39, 0.29) is 11.3 Å². The lowest BCUT2D eigenvalue weighted by Gasteiger charge is -2.19. The second-order valence-electron chi connectivity index (χ2n) is 5.22. The largest absolute Gasteiger partial charge is 0.343 e. The van der Waals surface area contributed by atoms with Crippen LogP contribution in [0.2, 0.25) is 0 Å². The number of hydrogen-bond donors (Lipinski definition) is 2. The third-order valence-corrected chi connectivity index (χ3v) is 2.20. The molecule has 0 bridgehead atoms. The first-order chi connectivity index (χ1) is 9.70. The summed E-state index contributed by atoms with van der Waals surface area (Å²) in [4.78, 5) is 33.1. The van der Waals surface area contributed by atoms with Crippen LogP contribution in [0.15, 0.2) is 29.4 Å². The summed E-state index contributed by atoms with van der Waals surface area (Å²) < 4.78 is 0. The standard InChI is InChI=1S/C13H16N4O4/c1-13(2,3)15-11(18)12(19)16-14-8-9-6-4-5-7-10(9)17(20)21/h4-8H,1-3H3,(H,15,18)(H,16,19)/b14-8-. The molecule has 112 valence electrons. The van der Waals surface area contributed by atoms with Crippen molar-refractivity contribution in [3.05, 3.63) is 39.9 Å². The molecule has 2 N–H and O–H groups in total. The third kappa shape index (κ3) is 5.39. The van der Waals surface area contributed by atoms with Crippen LogP contribution in [0.25, 0.3) is 0 Å². The van der Waals surface area contributed by atoms with Gasteiger partial charge in [0.25, 0.3) is 5.69 Å². The van der Waals surface area contributed by atoms with E-state index in [2.05, 4.69) is 10.4 Å². The number of nitro benzene ring substituents is 1. The summed E-state index contributed by atoms with van der Waals surface area (Å²) >= 11 is 0. The van der Waals surface area contributed by atoms with Crippen molar-refractivity contribution in [2.75, 3.05) is 0 Å². The third-order valence-electron chi connectivity index (χ3n) is 2.20. The van der Waals surface area contributed by atoms with Gasteiger partial charge in [-0.2, -0.15) is 5.10 Å². The Morgan fingerprint density at radius 1 is 1.24 bits per heavy atom. The zero-order chi connectivity index (χ0) is 16.0. The minimum absolute atomic E-state index is 0.144. The zero-order valence-electron chi connectivity index (χ0n) is 11.9. The Morgan fingerprint density at radius 3 is 2.43 bits per heavy atom. The maximum absolute atomic E-state index is 11.5. The van der Waals surface area contributed by atoms with Crippen molar-refractivity contribution in [1.82, 2.24) is 10.7 Å². The van der Waals surface area contributed by atoms with Gasteiger partial charge in [-0.05, 0) is 26.8 Å². The van der Waals surface area contributed by atoms with Crippen LogP contribution in [0, 0.1) is 10.1 Å². The Kier molecular flexibility index (Phi) is 5.12.